The second-order valence-electron chi connectivity index (χ2n) is 5.40. The number of halogens is 1. The zero-order valence-corrected chi connectivity index (χ0v) is 13.0. The molecule has 1 aliphatic heterocycles. The summed E-state index contributed by atoms with van der Waals surface area (Å²) in [6.07, 6.45) is 2.46. The molecular weight excluding hydrogens is 288 g/mol. The molecule has 21 heavy (non-hydrogen) atoms. The molecule has 2 rings (SSSR count). The van der Waals surface area contributed by atoms with Gasteiger partial charge in [-0.05, 0) is 30.5 Å². The predicted octanol–water partition coefficient (Wildman–Crippen LogP) is 2.57. The Labute approximate surface area is 130 Å². The highest BCUT2D eigenvalue weighted by Gasteiger charge is 2.26. The molecule has 1 aliphatic rings. The van der Waals surface area contributed by atoms with Gasteiger partial charge in [0.2, 0.25) is 11.8 Å². The van der Waals surface area contributed by atoms with Crippen molar-refractivity contribution in [3.05, 3.63) is 34.9 Å². The van der Waals surface area contributed by atoms with Gasteiger partial charge in [-0.25, -0.2) is 0 Å². The molecule has 0 aliphatic carbocycles. The molecule has 5 heteroatoms. The minimum absolute atomic E-state index is 0.0109. The van der Waals surface area contributed by atoms with Crippen molar-refractivity contribution in [2.24, 2.45) is 0 Å². The minimum atomic E-state index is -0.0109. The summed E-state index contributed by atoms with van der Waals surface area (Å²) in [7, 11) is 1.61. The summed E-state index contributed by atoms with van der Waals surface area (Å²) in [4.78, 5) is 25.2. The molecule has 0 unspecified atom stereocenters. The van der Waals surface area contributed by atoms with Crippen LogP contribution in [0, 0.1) is 0 Å². The number of hydrogen-bond donors (Lipinski definition) is 1. The maximum atomic E-state index is 12.1. The lowest BCUT2D eigenvalue weighted by atomic mass is 9.99. The van der Waals surface area contributed by atoms with Crippen molar-refractivity contribution in [2.45, 2.75) is 31.6 Å². The Bertz CT molecular complexity index is 502. The lowest BCUT2D eigenvalue weighted by molar-refractivity contribution is -0.130. The number of nitrogens with one attached hydrogen (secondary N) is 1. The van der Waals surface area contributed by atoms with Crippen molar-refractivity contribution in [1.29, 1.82) is 0 Å². The van der Waals surface area contributed by atoms with Crippen molar-refractivity contribution in [3.8, 4) is 0 Å². The van der Waals surface area contributed by atoms with Crippen LogP contribution in [-0.2, 0) is 9.59 Å². The fourth-order valence-corrected chi connectivity index (χ4v) is 2.80. The quantitative estimate of drug-likeness (QED) is 0.909. The third-order valence-corrected chi connectivity index (χ3v) is 4.21. The summed E-state index contributed by atoms with van der Waals surface area (Å²) in [5.41, 5.74) is 1.24. The first-order valence-electron chi connectivity index (χ1n) is 7.34. The molecule has 1 aromatic rings. The van der Waals surface area contributed by atoms with Gasteiger partial charge >= 0.3 is 0 Å². The SMILES string of the molecule is CNC(=O)CCCC(=O)N1CC[C@@H](c2ccc(Cl)cc2)C1. The Morgan fingerprint density at radius 2 is 2.00 bits per heavy atom. The van der Waals surface area contributed by atoms with Crippen LogP contribution in [0.1, 0.15) is 37.2 Å². The topological polar surface area (TPSA) is 49.4 Å². The van der Waals surface area contributed by atoms with Crippen molar-refractivity contribution in [3.63, 3.8) is 0 Å². The van der Waals surface area contributed by atoms with E-state index in [2.05, 4.69) is 5.32 Å². The van der Waals surface area contributed by atoms with Crippen LogP contribution >= 0.6 is 11.6 Å². The number of carbonyl (C=O) groups is 2. The van der Waals surface area contributed by atoms with E-state index in [0.29, 0.717) is 25.2 Å². The van der Waals surface area contributed by atoms with Crippen LogP contribution in [0.4, 0.5) is 0 Å². The van der Waals surface area contributed by atoms with E-state index in [9.17, 15) is 9.59 Å². The number of benzene rings is 1. The lowest BCUT2D eigenvalue weighted by Crippen LogP contribution is -2.28. The predicted molar refractivity (Wildman–Crippen MR) is 83.3 cm³/mol. The van der Waals surface area contributed by atoms with Crippen LogP contribution in [0.2, 0.25) is 5.02 Å². The van der Waals surface area contributed by atoms with Crippen molar-refractivity contribution in [1.82, 2.24) is 10.2 Å². The van der Waals surface area contributed by atoms with Gasteiger partial charge in [-0.3, -0.25) is 9.59 Å². The highest BCUT2D eigenvalue weighted by atomic mass is 35.5. The molecule has 0 aromatic heterocycles. The number of hydrogen-bond acceptors (Lipinski definition) is 2. The standard InChI is InChI=1S/C16H21ClN2O2/c1-18-15(20)3-2-4-16(21)19-10-9-13(11-19)12-5-7-14(17)8-6-12/h5-8,13H,2-4,9-11H2,1H3,(H,18,20)/t13-/m1/s1. The van der Waals surface area contributed by atoms with Gasteiger partial charge in [0.25, 0.3) is 0 Å². The van der Waals surface area contributed by atoms with E-state index in [1.807, 2.05) is 29.2 Å². The Balaban J connectivity index is 1.80. The second kappa shape index (κ2) is 7.46. The lowest BCUT2D eigenvalue weighted by Gasteiger charge is -2.16. The molecule has 1 heterocycles. The molecule has 1 N–H and O–H groups in total. The van der Waals surface area contributed by atoms with Crippen LogP contribution in [-0.4, -0.2) is 36.9 Å². The van der Waals surface area contributed by atoms with E-state index in [1.165, 1.54) is 5.56 Å². The van der Waals surface area contributed by atoms with E-state index in [4.69, 9.17) is 11.6 Å². The van der Waals surface area contributed by atoms with Gasteiger partial charge in [0, 0.05) is 43.9 Å². The summed E-state index contributed by atoms with van der Waals surface area (Å²) >= 11 is 5.89. The van der Waals surface area contributed by atoms with Gasteiger partial charge in [-0.2, -0.15) is 0 Å². The molecule has 1 atom stereocenters. The molecule has 4 nitrogen and oxygen atoms in total. The first-order valence-corrected chi connectivity index (χ1v) is 7.71. The Hall–Kier alpha value is -1.55. The molecule has 0 spiro atoms. The van der Waals surface area contributed by atoms with Crippen LogP contribution in [0.3, 0.4) is 0 Å². The largest absolute Gasteiger partial charge is 0.359 e. The van der Waals surface area contributed by atoms with Gasteiger partial charge in [-0.1, -0.05) is 23.7 Å². The molecular formula is C16H21ClN2O2. The number of amides is 2. The van der Waals surface area contributed by atoms with Crippen LogP contribution in [0.5, 0.6) is 0 Å². The number of carbonyl (C=O) groups excluding carboxylic acids is 2. The highest BCUT2D eigenvalue weighted by Crippen LogP contribution is 2.28. The normalized spacial score (nSPS) is 17.8. The third kappa shape index (κ3) is 4.46. The van der Waals surface area contributed by atoms with Crippen LogP contribution in [0.15, 0.2) is 24.3 Å². The summed E-state index contributed by atoms with van der Waals surface area (Å²) < 4.78 is 0. The molecule has 0 bridgehead atoms. The first kappa shape index (κ1) is 15.8. The van der Waals surface area contributed by atoms with Crippen LogP contribution in [0.25, 0.3) is 0 Å². The fraction of sp³-hybridized carbons (Fsp3) is 0.500. The fourth-order valence-electron chi connectivity index (χ4n) is 2.68. The van der Waals surface area contributed by atoms with E-state index >= 15 is 0 Å². The maximum absolute atomic E-state index is 12.1. The molecule has 0 saturated carbocycles. The Morgan fingerprint density at radius 3 is 2.67 bits per heavy atom. The smallest absolute Gasteiger partial charge is 0.222 e. The highest BCUT2D eigenvalue weighted by molar-refractivity contribution is 6.30. The summed E-state index contributed by atoms with van der Waals surface area (Å²) in [6.45, 7) is 1.56. The monoisotopic (exact) mass is 308 g/mol. The number of likely N-dealkylation sites (tertiary alicyclic amines) is 1. The molecule has 0 radical (unpaired) electrons. The summed E-state index contributed by atoms with van der Waals surface area (Å²) in [6, 6.07) is 7.86. The molecule has 114 valence electrons. The van der Waals surface area contributed by atoms with Crippen LogP contribution < -0.4 is 5.32 Å². The van der Waals surface area contributed by atoms with E-state index in [-0.39, 0.29) is 11.8 Å². The van der Waals surface area contributed by atoms with Gasteiger partial charge in [0.15, 0.2) is 0 Å². The zero-order chi connectivity index (χ0) is 15.2. The average Bonchev–Trinajstić information content (AvgIpc) is 2.97. The molecule has 1 fully saturated rings. The average molecular weight is 309 g/mol. The van der Waals surface area contributed by atoms with Gasteiger partial charge in [0.05, 0.1) is 0 Å². The summed E-state index contributed by atoms with van der Waals surface area (Å²) in [5, 5.41) is 3.30. The van der Waals surface area contributed by atoms with Crippen molar-refractivity contribution in [2.75, 3.05) is 20.1 Å². The van der Waals surface area contributed by atoms with E-state index < -0.39 is 0 Å². The number of nitrogens with zero attached hydrogens (tertiary/aromatic N) is 1. The minimum Gasteiger partial charge on any atom is -0.359 e. The molecule has 2 amide bonds. The van der Waals surface area contributed by atoms with E-state index in [0.717, 1.165) is 24.5 Å². The first-order chi connectivity index (χ1) is 10.1. The zero-order valence-electron chi connectivity index (χ0n) is 12.3. The van der Waals surface area contributed by atoms with Gasteiger partial charge < -0.3 is 10.2 Å². The Kier molecular flexibility index (Phi) is 5.62. The van der Waals surface area contributed by atoms with Gasteiger partial charge in [-0.15, -0.1) is 0 Å². The van der Waals surface area contributed by atoms with Crippen molar-refractivity contribution < 1.29 is 9.59 Å². The van der Waals surface area contributed by atoms with Crippen molar-refractivity contribution >= 4 is 23.4 Å². The third-order valence-electron chi connectivity index (χ3n) is 3.96. The molecule has 1 aromatic carbocycles. The molecule has 1 saturated heterocycles. The second-order valence-corrected chi connectivity index (χ2v) is 5.84. The van der Waals surface area contributed by atoms with Gasteiger partial charge in [0.1, 0.15) is 0 Å². The summed E-state index contributed by atoms with van der Waals surface area (Å²) in [5.74, 6) is 0.531. The maximum Gasteiger partial charge on any atom is 0.222 e. The number of rotatable bonds is 5. The Morgan fingerprint density at radius 1 is 1.29 bits per heavy atom. The van der Waals surface area contributed by atoms with E-state index in [1.54, 1.807) is 7.05 Å².